The fraction of sp³-hybridized carbons (Fsp3) is 0.545. The van der Waals surface area contributed by atoms with Gasteiger partial charge in [0.15, 0.2) is 0 Å². The molecule has 4 rings (SSSR count). The molecule has 6 nitrogen and oxygen atoms in total. The topological polar surface area (TPSA) is 65.4 Å². The third kappa shape index (κ3) is 4.03. The molecular weight excluding hydrogens is 386 g/mol. The molecule has 2 aromatic rings. The fourth-order valence-electron chi connectivity index (χ4n) is 4.31. The molecule has 1 fully saturated rings. The molecule has 0 spiro atoms. The second kappa shape index (κ2) is 8.03. The number of nitrogens with zero attached hydrogens (tertiary/aromatic N) is 2. The molecule has 0 unspecified atom stereocenters. The van der Waals surface area contributed by atoms with Crippen molar-refractivity contribution in [2.75, 3.05) is 24.3 Å². The Morgan fingerprint density at radius 1 is 1.38 bits per heavy atom. The zero-order chi connectivity index (χ0) is 20.6. The highest BCUT2D eigenvalue weighted by atomic mass is 32.2. The minimum Gasteiger partial charge on any atom is -0.494 e. The van der Waals surface area contributed by atoms with Gasteiger partial charge in [0.2, 0.25) is 5.91 Å². The SMILES string of the molecule is CCOc1ccccc1[C@@H]1SCC(=O)Nc2c1c(C)nn2[C@H]1CCOC(C)(C)C1. The van der Waals surface area contributed by atoms with Gasteiger partial charge in [-0.3, -0.25) is 4.79 Å². The number of rotatable bonds is 4. The predicted molar refractivity (Wildman–Crippen MR) is 116 cm³/mol. The number of aromatic nitrogens is 2. The normalized spacial score (nSPS) is 23.8. The Kier molecular flexibility index (Phi) is 5.62. The monoisotopic (exact) mass is 415 g/mol. The molecule has 2 aliphatic heterocycles. The molecule has 0 aliphatic carbocycles. The smallest absolute Gasteiger partial charge is 0.235 e. The van der Waals surface area contributed by atoms with E-state index in [4.69, 9.17) is 14.6 Å². The summed E-state index contributed by atoms with van der Waals surface area (Å²) in [5.41, 5.74) is 2.93. The van der Waals surface area contributed by atoms with E-state index in [0.717, 1.165) is 41.2 Å². The Labute approximate surface area is 176 Å². The number of fused-ring (bicyclic) bond motifs is 1. The second-order valence-corrected chi connectivity index (χ2v) is 9.35. The summed E-state index contributed by atoms with van der Waals surface area (Å²) < 4.78 is 13.8. The number of amides is 1. The molecule has 1 N–H and O–H groups in total. The Morgan fingerprint density at radius 2 is 2.17 bits per heavy atom. The van der Waals surface area contributed by atoms with Crippen molar-refractivity contribution in [2.24, 2.45) is 0 Å². The van der Waals surface area contributed by atoms with Gasteiger partial charge in [0.25, 0.3) is 0 Å². The molecule has 0 bridgehead atoms. The van der Waals surface area contributed by atoms with E-state index in [1.54, 1.807) is 11.8 Å². The van der Waals surface area contributed by atoms with E-state index < -0.39 is 0 Å². The van der Waals surface area contributed by atoms with E-state index in [-0.39, 0.29) is 22.8 Å². The second-order valence-electron chi connectivity index (χ2n) is 8.26. The van der Waals surface area contributed by atoms with Gasteiger partial charge in [-0.25, -0.2) is 4.68 Å². The van der Waals surface area contributed by atoms with Crippen LogP contribution in [0.25, 0.3) is 0 Å². The molecule has 2 aliphatic rings. The standard InChI is InChI=1S/C22H29N3O3S/c1-5-27-17-9-7-6-8-16(17)20-19-14(2)24-25(21(19)23-18(26)13-29-20)15-10-11-28-22(3,4)12-15/h6-9,15,20H,5,10-13H2,1-4H3,(H,23,26)/t15-,20-/m0/s1. The summed E-state index contributed by atoms with van der Waals surface area (Å²) in [4.78, 5) is 12.6. The third-order valence-corrected chi connectivity index (χ3v) is 6.80. The average Bonchev–Trinajstić information content (AvgIpc) is 2.88. The highest BCUT2D eigenvalue weighted by molar-refractivity contribution is 8.00. The Balaban J connectivity index is 1.80. The summed E-state index contributed by atoms with van der Waals surface area (Å²) in [6.45, 7) is 9.56. The zero-order valence-corrected chi connectivity index (χ0v) is 18.3. The zero-order valence-electron chi connectivity index (χ0n) is 17.5. The first-order chi connectivity index (χ1) is 13.9. The van der Waals surface area contributed by atoms with Crippen LogP contribution < -0.4 is 10.1 Å². The van der Waals surface area contributed by atoms with Crippen LogP contribution in [0, 0.1) is 6.92 Å². The molecule has 1 amide bonds. The molecule has 1 aromatic carbocycles. The van der Waals surface area contributed by atoms with E-state index in [1.807, 2.05) is 36.7 Å². The Hall–Kier alpha value is -1.99. The van der Waals surface area contributed by atoms with Gasteiger partial charge in [-0.15, -0.1) is 11.8 Å². The molecule has 7 heteroatoms. The fourth-order valence-corrected chi connectivity index (χ4v) is 5.52. The van der Waals surface area contributed by atoms with Gasteiger partial charge in [-0.1, -0.05) is 18.2 Å². The van der Waals surface area contributed by atoms with E-state index >= 15 is 0 Å². The Bertz CT molecular complexity index is 909. The van der Waals surface area contributed by atoms with Gasteiger partial charge in [0, 0.05) is 17.7 Å². The minimum absolute atomic E-state index is 0.00620. The molecular formula is C22H29N3O3S. The summed E-state index contributed by atoms with van der Waals surface area (Å²) in [5, 5.41) is 8.04. The van der Waals surface area contributed by atoms with Gasteiger partial charge >= 0.3 is 0 Å². The van der Waals surface area contributed by atoms with Crippen molar-refractivity contribution in [2.45, 2.75) is 57.4 Å². The number of nitrogens with one attached hydrogen (secondary N) is 1. The van der Waals surface area contributed by atoms with Gasteiger partial charge in [-0.2, -0.15) is 5.10 Å². The summed E-state index contributed by atoms with van der Waals surface area (Å²) in [5.74, 6) is 2.11. The van der Waals surface area contributed by atoms with Crippen molar-refractivity contribution in [1.82, 2.24) is 9.78 Å². The molecule has 156 valence electrons. The van der Waals surface area contributed by atoms with Crippen LogP contribution in [0.4, 0.5) is 5.82 Å². The molecule has 0 saturated carbocycles. The van der Waals surface area contributed by atoms with Crippen LogP contribution >= 0.6 is 11.8 Å². The van der Waals surface area contributed by atoms with Crippen molar-refractivity contribution < 1.29 is 14.3 Å². The number of aryl methyl sites for hydroxylation is 1. The lowest BCUT2D eigenvalue weighted by molar-refractivity contribution is -0.113. The van der Waals surface area contributed by atoms with Crippen LogP contribution in [0.15, 0.2) is 24.3 Å². The van der Waals surface area contributed by atoms with Crippen molar-refractivity contribution in [3.8, 4) is 5.75 Å². The molecule has 3 heterocycles. The van der Waals surface area contributed by atoms with E-state index in [2.05, 4.69) is 25.2 Å². The quantitative estimate of drug-likeness (QED) is 0.797. The maximum absolute atomic E-state index is 12.6. The largest absolute Gasteiger partial charge is 0.494 e. The number of ether oxygens (including phenoxy) is 2. The minimum atomic E-state index is -0.194. The number of para-hydroxylation sites is 1. The van der Waals surface area contributed by atoms with Crippen LogP contribution in [0.2, 0.25) is 0 Å². The highest BCUT2D eigenvalue weighted by Gasteiger charge is 2.36. The van der Waals surface area contributed by atoms with Gasteiger partial charge in [0.1, 0.15) is 11.6 Å². The number of carbonyl (C=O) groups is 1. The maximum Gasteiger partial charge on any atom is 0.235 e. The summed E-state index contributed by atoms with van der Waals surface area (Å²) in [6, 6.07) is 8.31. The molecule has 29 heavy (non-hydrogen) atoms. The lowest BCUT2D eigenvalue weighted by Gasteiger charge is -2.36. The van der Waals surface area contributed by atoms with Gasteiger partial charge in [-0.05, 0) is 46.6 Å². The summed E-state index contributed by atoms with van der Waals surface area (Å²) in [7, 11) is 0. The lowest BCUT2D eigenvalue weighted by atomic mass is 9.94. The maximum atomic E-state index is 12.6. The predicted octanol–water partition coefficient (Wildman–Crippen LogP) is 4.50. The number of benzene rings is 1. The number of thioether (sulfide) groups is 1. The van der Waals surface area contributed by atoms with Crippen LogP contribution in [0.5, 0.6) is 5.75 Å². The van der Waals surface area contributed by atoms with Crippen LogP contribution in [-0.2, 0) is 9.53 Å². The molecule has 1 saturated heterocycles. The van der Waals surface area contributed by atoms with E-state index in [0.29, 0.717) is 19.0 Å². The molecule has 0 radical (unpaired) electrons. The first-order valence-corrected chi connectivity index (χ1v) is 11.3. The Morgan fingerprint density at radius 3 is 2.93 bits per heavy atom. The summed E-state index contributed by atoms with van der Waals surface area (Å²) in [6.07, 6.45) is 1.75. The number of hydrogen-bond donors (Lipinski definition) is 1. The average molecular weight is 416 g/mol. The third-order valence-electron chi connectivity index (χ3n) is 5.55. The van der Waals surface area contributed by atoms with Crippen molar-refractivity contribution >= 4 is 23.5 Å². The first-order valence-electron chi connectivity index (χ1n) is 10.3. The summed E-state index contributed by atoms with van der Waals surface area (Å²) >= 11 is 1.63. The van der Waals surface area contributed by atoms with Crippen LogP contribution in [0.3, 0.4) is 0 Å². The van der Waals surface area contributed by atoms with Crippen molar-refractivity contribution in [3.63, 3.8) is 0 Å². The van der Waals surface area contributed by atoms with Crippen LogP contribution in [0.1, 0.15) is 61.7 Å². The number of anilines is 1. The van der Waals surface area contributed by atoms with E-state index in [1.165, 1.54) is 0 Å². The highest BCUT2D eigenvalue weighted by Crippen LogP contribution is 2.47. The number of hydrogen-bond acceptors (Lipinski definition) is 5. The van der Waals surface area contributed by atoms with Crippen LogP contribution in [-0.4, -0.2) is 40.3 Å². The molecule has 1 aromatic heterocycles. The first kappa shape index (κ1) is 20.3. The van der Waals surface area contributed by atoms with Gasteiger partial charge in [0.05, 0.1) is 34.9 Å². The number of carbonyl (C=O) groups excluding carboxylic acids is 1. The lowest BCUT2D eigenvalue weighted by Crippen LogP contribution is -2.36. The van der Waals surface area contributed by atoms with Gasteiger partial charge < -0.3 is 14.8 Å². The van der Waals surface area contributed by atoms with Crippen molar-refractivity contribution in [1.29, 1.82) is 0 Å². The van der Waals surface area contributed by atoms with Crippen molar-refractivity contribution in [3.05, 3.63) is 41.1 Å². The van der Waals surface area contributed by atoms with E-state index in [9.17, 15) is 4.79 Å². The molecule has 2 atom stereocenters.